The van der Waals surface area contributed by atoms with E-state index in [2.05, 4.69) is 15.6 Å². The monoisotopic (exact) mass is 357 g/mol. The van der Waals surface area contributed by atoms with Crippen molar-refractivity contribution in [2.45, 2.75) is 6.92 Å². The second-order valence-electron chi connectivity index (χ2n) is 4.86. The van der Waals surface area contributed by atoms with Gasteiger partial charge in [0, 0.05) is 23.6 Å². The summed E-state index contributed by atoms with van der Waals surface area (Å²) >= 11 is 5.71. The first kappa shape index (κ1) is 17.9. The van der Waals surface area contributed by atoms with Crippen molar-refractivity contribution in [3.8, 4) is 6.07 Å². The van der Waals surface area contributed by atoms with Gasteiger partial charge in [-0.1, -0.05) is 17.7 Å². The van der Waals surface area contributed by atoms with Crippen LogP contribution in [0.4, 0.5) is 17.2 Å². The van der Waals surface area contributed by atoms with Gasteiger partial charge in [0.15, 0.2) is 0 Å². The third-order valence-corrected chi connectivity index (χ3v) is 3.34. The smallest absolute Gasteiger partial charge is 0.289 e. The van der Waals surface area contributed by atoms with Crippen molar-refractivity contribution in [2.75, 3.05) is 10.6 Å². The molecule has 1 aromatic heterocycles. The Kier molecular flexibility index (Phi) is 5.66. The van der Waals surface area contributed by atoms with E-state index < -0.39 is 10.8 Å². The van der Waals surface area contributed by atoms with E-state index in [1.807, 2.05) is 0 Å². The van der Waals surface area contributed by atoms with E-state index in [1.54, 1.807) is 31.2 Å². The predicted molar refractivity (Wildman–Crippen MR) is 93.0 cm³/mol. The Labute approximate surface area is 147 Å². The summed E-state index contributed by atoms with van der Waals surface area (Å²) in [6.07, 6.45) is 1.21. The number of pyridine rings is 1. The van der Waals surface area contributed by atoms with Gasteiger partial charge < -0.3 is 10.6 Å². The van der Waals surface area contributed by atoms with Crippen molar-refractivity contribution in [3.05, 3.63) is 69.0 Å². The summed E-state index contributed by atoms with van der Waals surface area (Å²) in [5, 5.41) is 25.1. The summed E-state index contributed by atoms with van der Waals surface area (Å²) < 4.78 is 0. The fourth-order valence-electron chi connectivity index (χ4n) is 1.85. The number of nitro benzene ring substituents is 1. The molecule has 2 aromatic rings. The Hall–Kier alpha value is -3.44. The van der Waals surface area contributed by atoms with E-state index in [-0.39, 0.29) is 22.0 Å². The maximum absolute atomic E-state index is 12.1. The SMILES string of the molecule is Cc1cccc(N/C=C(/C#N)C(=O)Nc2ccc(Cl)c([N+](=O)[O-])c2)n1. The minimum absolute atomic E-state index is 0.0498. The molecule has 2 N–H and O–H groups in total. The molecule has 25 heavy (non-hydrogen) atoms. The number of aryl methyl sites for hydroxylation is 1. The van der Waals surface area contributed by atoms with Crippen LogP contribution in [0.15, 0.2) is 48.2 Å². The molecule has 1 heterocycles. The van der Waals surface area contributed by atoms with Gasteiger partial charge in [0.2, 0.25) is 0 Å². The van der Waals surface area contributed by atoms with Gasteiger partial charge in [-0.3, -0.25) is 14.9 Å². The molecule has 0 fully saturated rings. The molecule has 126 valence electrons. The number of aromatic nitrogens is 1. The molecule has 0 atom stereocenters. The molecule has 0 bridgehead atoms. The molecule has 9 heteroatoms. The molecule has 0 aliphatic carbocycles. The average Bonchev–Trinajstić information content (AvgIpc) is 2.57. The van der Waals surface area contributed by atoms with E-state index in [4.69, 9.17) is 16.9 Å². The zero-order valence-corrected chi connectivity index (χ0v) is 13.7. The van der Waals surface area contributed by atoms with Crippen molar-refractivity contribution >= 4 is 34.7 Å². The van der Waals surface area contributed by atoms with Crippen LogP contribution in [-0.2, 0) is 4.79 Å². The Morgan fingerprint density at radius 3 is 2.80 bits per heavy atom. The van der Waals surface area contributed by atoms with Crippen LogP contribution in [0.25, 0.3) is 0 Å². The van der Waals surface area contributed by atoms with Crippen molar-refractivity contribution in [1.29, 1.82) is 5.26 Å². The maximum Gasteiger partial charge on any atom is 0.289 e. The summed E-state index contributed by atoms with van der Waals surface area (Å²) in [7, 11) is 0. The topological polar surface area (TPSA) is 121 Å². The summed E-state index contributed by atoms with van der Waals surface area (Å²) in [5.74, 6) is -0.248. The van der Waals surface area contributed by atoms with Gasteiger partial charge >= 0.3 is 0 Å². The predicted octanol–water partition coefficient (Wildman–Crippen LogP) is 3.41. The minimum Gasteiger partial charge on any atom is -0.345 e. The lowest BCUT2D eigenvalue weighted by atomic mass is 10.2. The van der Waals surface area contributed by atoms with Gasteiger partial charge in [-0.25, -0.2) is 4.98 Å². The average molecular weight is 358 g/mol. The van der Waals surface area contributed by atoms with Crippen molar-refractivity contribution in [3.63, 3.8) is 0 Å². The highest BCUT2D eigenvalue weighted by atomic mass is 35.5. The highest BCUT2D eigenvalue weighted by molar-refractivity contribution is 6.32. The number of hydrogen-bond acceptors (Lipinski definition) is 6. The number of nitro groups is 1. The number of nitriles is 1. The summed E-state index contributed by atoms with van der Waals surface area (Å²) in [4.78, 5) is 26.5. The quantitative estimate of drug-likeness (QED) is 0.366. The van der Waals surface area contributed by atoms with Crippen LogP contribution >= 0.6 is 11.6 Å². The van der Waals surface area contributed by atoms with E-state index in [0.717, 1.165) is 11.8 Å². The van der Waals surface area contributed by atoms with Crippen molar-refractivity contribution in [1.82, 2.24) is 4.98 Å². The van der Waals surface area contributed by atoms with E-state index in [9.17, 15) is 14.9 Å². The van der Waals surface area contributed by atoms with Crippen LogP contribution in [0.3, 0.4) is 0 Å². The molecule has 0 unspecified atom stereocenters. The van der Waals surface area contributed by atoms with Gasteiger partial charge in [-0.2, -0.15) is 5.26 Å². The highest BCUT2D eigenvalue weighted by Crippen LogP contribution is 2.27. The molecule has 8 nitrogen and oxygen atoms in total. The molecule has 0 aliphatic rings. The molecule has 1 amide bonds. The molecule has 0 radical (unpaired) electrons. The molecule has 0 saturated heterocycles. The summed E-state index contributed by atoms with van der Waals surface area (Å²) in [6.45, 7) is 1.81. The van der Waals surface area contributed by atoms with Crippen LogP contribution in [0.5, 0.6) is 0 Å². The van der Waals surface area contributed by atoms with Crippen LogP contribution in [0, 0.1) is 28.4 Å². The summed E-state index contributed by atoms with van der Waals surface area (Å²) in [6, 6.07) is 10.8. The zero-order valence-electron chi connectivity index (χ0n) is 13.0. The van der Waals surface area contributed by atoms with Gasteiger partial charge in [-0.05, 0) is 31.2 Å². The standard InChI is InChI=1S/C16H12ClN5O3/c1-10-3-2-4-15(20-10)19-9-11(8-18)16(23)21-12-5-6-13(17)14(7-12)22(24)25/h2-7,9H,1H3,(H,19,20)(H,21,23)/b11-9-. The molecule has 0 aliphatic heterocycles. The van der Waals surface area contributed by atoms with Gasteiger partial charge in [0.25, 0.3) is 11.6 Å². The number of anilines is 2. The van der Waals surface area contributed by atoms with Crippen molar-refractivity contribution < 1.29 is 9.72 Å². The Morgan fingerprint density at radius 1 is 1.40 bits per heavy atom. The Morgan fingerprint density at radius 2 is 2.16 bits per heavy atom. The molecular formula is C16H12ClN5O3. The number of nitrogens with one attached hydrogen (secondary N) is 2. The third kappa shape index (κ3) is 4.76. The normalized spacial score (nSPS) is 10.7. The number of halogens is 1. The number of amides is 1. The number of carbonyl (C=O) groups is 1. The van der Waals surface area contributed by atoms with Crippen LogP contribution in [-0.4, -0.2) is 15.8 Å². The first-order chi connectivity index (χ1) is 11.9. The van der Waals surface area contributed by atoms with Crippen LogP contribution in [0.2, 0.25) is 5.02 Å². The van der Waals surface area contributed by atoms with Gasteiger partial charge in [0.1, 0.15) is 22.5 Å². The van der Waals surface area contributed by atoms with Crippen molar-refractivity contribution in [2.24, 2.45) is 0 Å². The largest absolute Gasteiger partial charge is 0.345 e. The number of benzene rings is 1. The lowest BCUT2D eigenvalue weighted by Crippen LogP contribution is -2.14. The van der Waals surface area contributed by atoms with E-state index in [1.165, 1.54) is 18.3 Å². The minimum atomic E-state index is -0.723. The molecule has 2 rings (SSSR count). The fourth-order valence-corrected chi connectivity index (χ4v) is 2.03. The zero-order chi connectivity index (χ0) is 18.4. The number of nitrogens with zero attached hydrogens (tertiary/aromatic N) is 3. The lowest BCUT2D eigenvalue weighted by molar-refractivity contribution is -0.384. The third-order valence-electron chi connectivity index (χ3n) is 3.02. The molecule has 1 aromatic carbocycles. The first-order valence-electron chi connectivity index (χ1n) is 6.96. The van der Waals surface area contributed by atoms with Crippen LogP contribution < -0.4 is 10.6 Å². The van der Waals surface area contributed by atoms with E-state index in [0.29, 0.717) is 5.82 Å². The second-order valence-corrected chi connectivity index (χ2v) is 5.26. The molecule has 0 saturated carbocycles. The first-order valence-corrected chi connectivity index (χ1v) is 7.34. The molecular weight excluding hydrogens is 346 g/mol. The number of carbonyl (C=O) groups excluding carboxylic acids is 1. The van der Waals surface area contributed by atoms with Gasteiger partial charge in [-0.15, -0.1) is 0 Å². The Balaban J connectivity index is 2.15. The lowest BCUT2D eigenvalue weighted by Gasteiger charge is -2.06. The fraction of sp³-hybridized carbons (Fsp3) is 0.0625. The second kappa shape index (κ2) is 7.90. The summed E-state index contributed by atoms with van der Waals surface area (Å²) in [5.41, 5.74) is 0.357. The number of hydrogen-bond donors (Lipinski definition) is 2. The Bertz CT molecular complexity index is 905. The molecule has 0 spiro atoms. The van der Waals surface area contributed by atoms with Crippen LogP contribution in [0.1, 0.15) is 5.69 Å². The van der Waals surface area contributed by atoms with Gasteiger partial charge in [0.05, 0.1) is 4.92 Å². The number of rotatable bonds is 5. The van der Waals surface area contributed by atoms with E-state index >= 15 is 0 Å². The maximum atomic E-state index is 12.1. The highest BCUT2D eigenvalue weighted by Gasteiger charge is 2.15.